The molecule has 0 bridgehead atoms. The third kappa shape index (κ3) is 5.39. The average molecular weight is 514 g/mol. The molecule has 0 radical (unpaired) electrons. The Labute approximate surface area is 220 Å². The Morgan fingerprint density at radius 3 is 2.27 bits per heavy atom. The Hall–Kier alpha value is -4.04. The summed E-state index contributed by atoms with van der Waals surface area (Å²) in [7, 11) is 1.66. The summed E-state index contributed by atoms with van der Waals surface area (Å²) in [5.41, 5.74) is 3.30. The lowest BCUT2D eigenvalue weighted by Gasteiger charge is -2.36. The normalized spacial score (nSPS) is 17.0. The van der Waals surface area contributed by atoms with Gasteiger partial charge in [-0.25, -0.2) is 0 Å². The van der Waals surface area contributed by atoms with Gasteiger partial charge in [-0.15, -0.1) is 0 Å². The first-order valence-corrected chi connectivity index (χ1v) is 12.9. The summed E-state index contributed by atoms with van der Waals surface area (Å²) < 4.78 is 5.48. The first kappa shape index (κ1) is 24.6. The zero-order valence-corrected chi connectivity index (χ0v) is 21.3. The Morgan fingerprint density at radius 2 is 1.57 bits per heavy atom. The van der Waals surface area contributed by atoms with Crippen LogP contribution in [0.15, 0.2) is 83.8 Å². The predicted octanol–water partition coefficient (Wildman–Crippen LogP) is 4.89. The van der Waals surface area contributed by atoms with Crippen LogP contribution < -0.4 is 9.64 Å². The number of nitrogens with zero attached hydrogens (tertiary/aromatic N) is 3. The van der Waals surface area contributed by atoms with Gasteiger partial charge < -0.3 is 14.5 Å². The molecule has 2 saturated heterocycles. The van der Waals surface area contributed by atoms with Crippen LogP contribution in [0, 0.1) is 0 Å². The fraction of sp³-hybridized carbons (Fsp3) is 0.207. The second-order valence-electron chi connectivity index (χ2n) is 8.83. The molecule has 2 aliphatic heterocycles. The first-order valence-electron chi connectivity index (χ1n) is 12.1. The Balaban J connectivity index is 1.21. The van der Waals surface area contributed by atoms with Crippen LogP contribution in [-0.4, -0.2) is 60.1 Å². The van der Waals surface area contributed by atoms with Crippen molar-refractivity contribution in [2.75, 3.05) is 38.2 Å². The molecule has 188 valence electrons. The fourth-order valence-electron chi connectivity index (χ4n) is 4.50. The maximum Gasteiger partial charge on any atom is 0.293 e. The first-order chi connectivity index (χ1) is 18.0. The molecule has 2 aliphatic rings. The van der Waals surface area contributed by atoms with Crippen molar-refractivity contribution < 1.29 is 19.1 Å². The molecule has 0 atom stereocenters. The molecule has 3 aromatic carbocycles. The molecule has 2 fully saturated rings. The molecule has 0 N–H and O–H groups in total. The van der Waals surface area contributed by atoms with Crippen LogP contribution in [0.25, 0.3) is 6.08 Å². The molecule has 2 heterocycles. The van der Waals surface area contributed by atoms with Crippen LogP contribution in [0.3, 0.4) is 0 Å². The summed E-state index contributed by atoms with van der Waals surface area (Å²) in [5, 5.41) is -0.279. The number of hydrogen-bond acceptors (Lipinski definition) is 6. The van der Waals surface area contributed by atoms with Gasteiger partial charge in [0, 0.05) is 31.7 Å². The summed E-state index contributed by atoms with van der Waals surface area (Å²) in [6.45, 7) is 2.94. The summed E-state index contributed by atoms with van der Waals surface area (Å²) in [6.07, 6.45) is 1.70. The van der Waals surface area contributed by atoms with Crippen LogP contribution in [0.2, 0.25) is 0 Å². The highest BCUT2D eigenvalue weighted by Gasteiger charge is 2.35. The maximum atomic E-state index is 13.1. The number of imide groups is 1. The number of para-hydroxylation sites is 2. The van der Waals surface area contributed by atoms with E-state index in [-0.39, 0.29) is 23.6 Å². The summed E-state index contributed by atoms with van der Waals surface area (Å²) in [5.74, 6) is 0.511. The van der Waals surface area contributed by atoms with Crippen molar-refractivity contribution in [1.82, 2.24) is 9.80 Å². The maximum absolute atomic E-state index is 13.1. The van der Waals surface area contributed by atoms with Gasteiger partial charge >= 0.3 is 0 Å². The zero-order chi connectivity index (χ0) is 25.8. The quantitative estimate of drug-likeness (QED) is 0.437. The average Bonchev–Trinajstić information content (AvgIpc) is 3.21. The van der Waals surface area contributed by atoms with Crippen LogP contribution in [-0.2, 0) is 11.3 Å². The van der Waals surface area contributed by atoms with E-state index in [1.54, 1.807) is 25.3 Å². The van der Waals surface area contributed by atoms with Gasteiger partial charge in [0.15, 0.2) is 0 Å². The highest BCUT2D eigenvalue weighted by molar-refractivity contribution is 8.18. The SMILES string of the molecule is COc1ccccc1N1CCN(C(=O)c2ccc(C=C3SC(=O)N(Cc4ccccc4)C3=O)cc2)CC1. The molecule has 5 rings (SSSR count). The van der Waals surface area contributed by atoms with Crippen LogP contribution in [0.5, 0.6) is 5.75 Å². The van der Waals surface area contributed by atoms with E-state index in [9.17, 15) is 14.4 Å². The van der Waals surface area contributed by atoms with E-state index in [2.05, 4.69) is 4.90 Å². The number of ether oxygens (including phenoxy) is 1. The lowest BCUT2D eigenvalue weighted by atomic mass is 10.1. The van der Waals surface area contributed by atoms with Gasteiger partial charge in [-0.05, 0) is 53.2 Å². The van der Waals surface area contributed by atoms with Gasteiger partial charge in [0.1, 0.15) is 5.75 Å². The fourth-order valence-corrected chi connectivity index (χ4v) is 5.34. The van der Waals surface area contributed by atoms with E-state index >= 15 is 0 Å². The minimum Gasteiger partial charge on any atom is -0.495 e. The number of hydrogen-bond donors (Lipinski definition) is 0. The number of methoxy groups -OCH3 is 1. The molecule has 0 unspecified atom stereocenters. The number of amides is 3. The number of thioether (sulfide) groups is 1. The van der Waals surface area contributed by atoms with E-state index in [0.29, 0.717) is 23.6 Å². The summed E-state index contributed by atoms with van der Waals surface area (Å²) in [4.78, 5) is 44.1. The van der Waals surface area contributed by atoms with Crippen molar-refractivity contribution in [2.24, 2.45) is 0 Å². The van der Waals surface area contributed by atoms with Crippen molar-refractivity contribution in [3.05, 3.63) is 100 Å². The second kappa shape index (κ2) is 10.9. The molecule has 8 heteroatoms. The number of benzene rings is 3. The highest BCUT2D eigenvalue weighted by atomic mass is 32.2. The number of rotatable bonds is 6. The number of piperazine rings is 1. The van der Waals surface area contributed by atoms with E-state index in [1.165, 1.54) is 4.90 Å². The zero-order valence-electron chi connectivity index (χ0n) is 20.5. The molecular formula is C29H27N3O4S. The molecule has 7 nitrogen and oxygen atoms in total. The lowest BCUT2D eigenvalue weighted by Crippen LogP contribution is -2.48. The van der Waals surface area contributed by atoms with Crippen molar-refractivity contribution in [2.45, 2.75) is 6.54 Å². The lowest BCUT2D eigenvalue weighted by molar-refractivity contribution is -0.123. The van der Waals surface area contributed by atoms with E-state index < -0.39 is 0 Å². The monoisotopic (exact) mass is 513 g/mol. The number of carbonyl (C=O) groups excluding carboxylic acids is 3. The van der Waals surface area contributed by atoms with E-state index in [4.69, 9.17) is 4.74 Å². The van der Waals surface area contributed by atoms with Gasteiger partial charge in [0.2, 0.25) is 0 Å². The number of carbonyl (C=O) groups is 3. The Bertz CT molecular complexity index is 1330. The molecule has 3 aromatic rings. The number of anilines is 1. The Morgan fingerprint density at radius 1 is 0.892 bits per heavy atom. The molecule has 0 aromatic heterocycles. The third-order valence-corrected chi connectivity index (χ3v) is 7.41. The minimum absolute atomic E-state index is 0.0191. The van der Waals surface area contributed by atoms with E-state index in [1.807, 2.05) is 71.6 Å². The van der Waals surface area contributed by atoms with Crippen LogP contribution in [0.1, 0.15) is 21.5 Å². The largest absolute Gasteiger partial charge is 0.495 e. The highest BCUT2D eigenvalue weighted by Crippen LogP contribution is 2.33. The summed E-state index contributed by atoms with van der Waals surface area (Å²) in [6, 6.07) is 24.5. The van der Waals surface area contributed by atoms with Crippen LogP contribution >= 0.6 is 11.8 Å². The minimum atomic E-state index is -0.299. The van der Waals surface area contributed by atoms with Crippen molar-refractivity contribution >= 4 is 40.6 Å². The standard InChI is InChI=1S/C29H27N3O4S/c1-36-25-10-6-5-9-24(25)30-15-17-31(18-16-30)27(33)23-13-11-21(12-14-23)19-26-28(34)32(29(35)37-26)20-22-7-3-2-4-8-22/h2-14,19H,15-18,20H2,1H3. The summed E-state index contributed by atoms with van der Waals surface area (Å²) >= 11 is 0.940. The molecule has 3 amide bonds. The smallest absolute Gasteiger partial charge is 0.293 e. The molecular weight excluding hydrogens is 486 g/mol. The van der Waals surface area contributed by atoms with Crippen molar-refractivity contribution in [3.63, 3.8) is 0 Å². The molecule has 0 aliphatic carbocycles. The molecule has 0 saturated carbocycles. The molecule has 37 heavy (non-hydrogen) atoms. The van der Waals surface area contributed by atoms with Gasteiger partial charge in [-0.1, -0.05) is 54.6 Å². The molecule has 0 spiro atoms. The van der Waals surface area contributed by atoms with Gasteiger partial charge in [0.25, 0.3) is 17.1 Å². The Kier molecular flexibility index (Phi) is 7.28. The van der Waals surface area contributed by atoms with Gasteiger partial charge in [-0.2, -0.15) is 0 Å². The van der Waals surface area contributed by atoms with Crippen LogP contribution in [0.4, 0.5) is 10.5 Å². The predicted molar refractivity (Wildman–Crippen MR) is 146 cm³/mol. The topological polar surface area (TPSA) is 70.2 Å². The third-order valence-electron chi connectivity index (χ3n) is 6.51. The second-order valence-corrected chi connectivity index (χ2v) is 9.82. The van der Waals surface area contributed by atoms with Crippen molar-refractivity contribution in [3.8, 4) is 5.75 Å². The van der Waals surface area contributed by atoms with Crippen molar-refractivity contribution in [1.29, 1.82) is 0 Å². The van der Waals surface area contributed by atoms with Gasteiger partial charge in [-0.3, -0.25) is 19.3 Å². The van der Waals surface area contributed by atoms with E-state index in [0.717, 1.165) is 47.4 Å². The van der Waals surface area contributed by atoms with Gasteiger partial charge in [0.05, 0.1) is 24.2 Å².